The maximum atomic E-state index is 13.8. The zero-order valence-electron chi connectivity index (χ0n) is 10.5. The summed E-state index contributed by atoms with van der Waals surface area (Å²) in [4.78, 5) is 0. The highest BCUT2D eigenvalue weighted by atomic mass is 35.5. The summed E-state index contributed by atoms with van der Waals surface area (Å²) in [6, 6.07) is 7.81. The van der Waals surface area contributed by atoms with Crippen LogP contribution in [0.4, 0.5) is 10.1 Å². The van der Waals surface area contributed by atoms with Crippen LogP contribution in [-0.4, -0.2) is 7.11 Å². The van der Waals surface area contributed by atoms with Crippen LogP contribution in [0, 0.1) is 12.7 Å². The first kappa shape index (κ1) is 13.5. The van der Waals surface area contributed by atoms with Gasteiger partial charge in [-0.05, 0) is 24.6 Å². The van der Waals surface area contributed by atoms with Crippen molar-refractivity contribution in [1.29, 1.82) is 0 Å². The Morgan fingerprint density at radius 3 is 2.53 bits per heavy atom. The summed E-state index contributed by atoms with van der Waals surface area (Å²) >= 11 is 6.00. The number of hydrogen-bond acceptors (Lipinski definition) is 3. The van der Waals surface area contributed by atoms with E-state index in [4.69, 9.17) is 26.8 Å². The first-order chi connectivity index (χ1) is 9.01. The average molecular weight is 282 g/mol. The van der Waals surface area contributed by atoms with Gasteiger partial charge < -0.3 is 15.2 Å². The van der Waals surface area contributed by atoms with Crippen molar-refractivity contribution in [2.24, 2.45) is 0 Å². The van der Waals surface area contributed by atoms with Gasteiger partial charge in [-0.2, -0.15) is 0 Å². The number of nitrogens with two attached hydrogens (primary N) is 1. The lowest BCUT2D eigenvalue weighted by Crippen LogP contribution is -1.96. The van der Waals surface area contributed by atoms with E-state index in [0.29, 0.717) is 16.5 Å². The molecule has 0 aliphatic heterocycles. The Balaban J connectivity index is 2.40. The highest BCUT2D eigenvalue weighted by molar-refractivity contribution is 6.32. The molecule has 5 heteroatoms. The van der Waals surface area contributed by atoms with Crippen molar-refractivity contribution in [1.82, 2.24) is 0 Å². The van der Waals surface area contributed by atoms with E-state index in [2.05, 4.69) is 0 Å². The minimum Gasteiger partial charge on any atom is -0.494 e. The molecule has 2 aromatic rings. The molecule has 0 amide bonds. The lowest BCUT2D eigenvalue weighted by atomic mass is 10.2. The maximum absolute atomic E-state index is 13.8. The molecular weight excluding hydrogens is 269 g/mol. The van der Waals surface area contributed by atoms with Gasteiger partial charge in [0.15, 0.2) is 11.6 Å². The van der Waals surface area contributed by atoms with Crippen LogP contribution in [0.1, 0.15) is 5.56 Å². The lowest BCUT2D eigenvalue weighted by Gasteiger charge is -2.12. The van der Waals surface area contributed by atoms with Gasteiger partial charge >= 0.3 is 0 Å². The predicted molar refractivity (Wildman–Crippen MR) is 73.6 cm³/mol. The van der Waals surface area contributed by atoms with Crippen LogP contribution in [0.5, 0.6) is 17.2 Å². The summed E-state index contributed by atoms with van der Waals surface area (Å²) in [5, 5.41) is 0.404. The van der Waals surface area contributed by atoms with E-state index in [9.17, 15) is 4.39 Å². The molecule has 19 heavy (non-hydrogen) atoms. The van der Waals surface area contributed by atoms with Crippen molar-refractivity contribution in [3.63, 3.8) is 0 Å². The van der Waals surface area contributed by atoms with Gasteiger partial charge in [-0.1, -0.05) is 17.7 Å². The smallest absolute Gasteiger partial charge is 0.168 e. The number of anilines is 1. The van der Waals surface area contributed by atoms with Crippen molar-refractivity contribution in [3.05, 3.63) is 46.7 Å². The van der Waals surface area contributed by atoms with E-state index in [0.717, 1.165) is 11.6 Å². The molecule has 3 nitrogen and oxygen atoms in total. The fraction of sp³-hybridized carbons (Fsp3) is 0.143. The molecular formula is C14H13ClFNO2. The minimum atomic E-state index is -0.573. The second-order valence-electron chi connectivity index (χ2n) is 4.06. The molecule has 0 aliphatic carbocycles. The Labute approximate surface area is 115 Å². The Hall–Kier alpha value is -1.94. The third-order valence-electron chi connectivity index (χ3n) is 2.59. The Kier molecular flexibility index (Phi) is 3.81. The van der Waals surface area contributed by atoms with Gasteiger partial charge in [0.25, 0.3) is 0 Å². The number of methoxy groups -OCH3 is 1. The van der Waals surface area contributed by atoms with Crippen LogP contribution in [0.25, 0.3) is 0 Å². The van der Waals surface area contributed by atoms with Gasteiger partial charge in [0.05, 0.1) is 17.8 Å². The van der Waals surface area contributed by atoms with Crippen molar-refractivity contribution in [2.45, 2.75) is 6.92 Å². The number of benzene rings is 2. The average Bonchev–Trinajstić information content (AvgIpc) is 2.37. The number of ether oxygens (including phenoxy) is 2. The molecule has 0 fully saturated rings. The standard InChI is InChI=1S/C14H13ClFNO2/c1-8-3-4-9(15)12(5-8)19-13-7-14(18-2)11(17)6-10(13)16/h3-7H,17H2,1-2H3. The van der Waals surface area contributed by atoms with Crippen LogP contribution >= 0.6 is 11.6 Å². The SMILES string of the molecule is COc1cc(Oc2cc(C)ccc2Cl)c(F)cc1N. The summed E-state index contributed by atoms with van der Waals surface area (Å²) in [5.74, 6) is 0.169. The van der Waals surface area contributed by atoms with E-state index in [1.165, 1.54) is 13.2 Å². The minimum absolute atomic E-state index is 0.0125. The van der Waals surface area contributed by atoms with Gasteiger partial charge in [-0.3, -0.25) is 0 Å². The quantitative estimate of drug-likeness (QED) is 0.859. The third-order valence-corrected chi connectivity index (χ3v) is 2.90. The van der Waals surface area contributed by atoms with Gasteiger partial charge in [0, 0.05) is 12.1 Å². The molecule has 0 saturated heterocycles. The lowest BCUT2D eigenvalue weighted by molar-refractivity contribution is 0.403. The van der Waals surface area contributed by atoms with Crippen LogP contribution in [-0.2, 0) is 0 Å². The molecule has 0 unspecified atom stereocenters. The number of hydrogen-bond donors (Lipinski definition) is 1. The van der Waals surface area contributed by atoms with Crippen molar-refractivity contribution >= 4 is 17.3 Å². The topological polar surface area (TPSA) is 44.5 Å². The Bertz CT molecular complexity index is 617. The highest BCUT2D eigenvalue weighted by Crippen LogP contribution is 2.35. The first-order valence-corrected chi connectivity index (χ1v) is 5.96. The van der Waals surface area contributed by atoms with E-state index in [1.54, 1.807) is 12.1 Å². The van der Waals surface area contributed by atoms with Crippen LogP contribution in [0.3, 0.4) is 0 Å². The van der Waals surface area contributed by atoms with Crippen molar-refractivity contribution in [3.8, 4) is 17.2 Å². The number of nitrogen functional groups attached to an aromatic ring is 1. The second-order valence-corrected chi connectivity index (χ2v) is 4.47. The fourth-order valence-electron chi connectivity index (χ4n) is 1.61. The summed E-state index contributed by atoms with van der Waals surface area (Å²) in [6.45, 7) is 1.89. The largest absolute Gasteiger partial charge is 0.494 e. The molecule has 0 radical (unpaired) electrons. The Morgan fingerprint density at radius 2 is 1.84 bits per heavy atom. The predicted octanol–water partition coefficient (Wildman–Crippen LogP) is 4.17. The summed E-state index contributed by atoms with van der Waals surface area (Å²) in [6.07, 6.45) is 0. The molecule has 0 bridgehead atoms. The van der Waals surface area contributed by atoms with E-state index in [1.807, 2.05) is 13.0 Å². The zero-order chi connectivity index (χ0) is 14.0. The molecule has 2 rings (SSSR count). The number of aryl methyl sites for hydroxylation is 1. The molecule has 0 atom stereocenters. The molecule has 0 aliphatic rings. The van der Waals surface area contributed by atoms with Gasteiger partial charge in [0.2, 0.25) is 0 Å². The van der Waals surface area contributed by atoms with Crippen molar-refractivity contribution < 1.29 is 13.9 Å². The maximum Gasteiger partial charge on any atom is 0.168 e. The Morgan fingerprint density at radius 1 is 1.11 bits per heavy atom. The van der Waals surface area contributed by atoms with Crippen LogP contribution in [0.15, 0.2) is 30.3 Å². The van der Waals surface area contributed by atoms with Crippen molar-refractivity contribution in [2.75, 3.05) is 12.8 Å². The van der Waals surface area contributed by atoms with E-state index >= 15 is 0 Å². The summed E-state index contributed by atoms with van der Waals surface area (Å²) < 4.78 is 24.3. The summed E-state index contributed by atoms with van der Waals surface area (Å²) in [5.41, 5.74) is 6.77. The molecule has 100 valence electrons. The second kappa shape index (κ2) is 5.36. The first-order valence-electron chi connectivity index (χ1n) is 5.58. The van der Waals surface area contributed by atoms with Gasteiger partial charge in [-0.25, -0.2) is 4.39 Å². The zero-order valence-corrected chi connectivity index (χ0v) is 11.3. The van der Waals surface area contributed by atoms with E-state index in [-0.39, 0.29) is 11.4 Å². The van der Waals surface area contributed by atoms with Crippen LogP contribution in [0.2, 0.25) is 5.02 Å². The number of rotatable bonds is 3. The fourth-order valence-corrected chi connectivity index (χ4v) is 1.77. The molecule has 0 heterocycles. The van der Waals surface area contributed by atoms with Gasteiger partial charge in [-0.15, -0.1) is 0 Å². The normalized spacial score (nSPS) is 10.3. The van der Waals surface area contributed by atoms with E-state index < -0.39 is 5.82 Å². The van der Waals surface area contributed by atoms with Crippen LogP contribution < -0.4 is 15.2 Å². The van der Waals surface area contributed by atoms with Gasteiger partial charge in [0.1, 0.15) is 11.5 Å². The molecule has 0 saturated carbocycles. The summed E-state index contributed by atoms with van der Waals surface area (Å²) in [7, 11) is 1.45. The molecule has 0 spiro atoms. The number of halogens is 2. The monoisotopic (exact) mass is 281 g/mol. The highest BCUT2D eigenvalue weighted by Gasteiger charge is 2.12. The molecule has 0 aromatic heterocycles. The molecule has 2 aromatic carbocycles. The molecule has 2 N–H and O–H groups in total. The third kappa shape index (κ3) is 2.90.